The van der Waals surface area contributed by atoms with Crippen molar-refractivity contribution in [1.29, 1.82) is 0 Å². The maximum absolute atomic E-state index is 13.1. The van der Waals surface area contributed by atoms with Crippen LogP contribution in [0.15, 0.2) is 36.4 Å². The number of benzene rings is 2. The average Bonchev–Trinajstić information content (AvgIpc) is 3.06. The van der Waals surface area contributed by atoms with Crippen molar-refractivity contribution >= 4 is 26.5 Å². The van der Waals surface area contributed by atoms with E-state index < -0.39 is 9.84 Å². The van der Waals surface area contributed by atoms with Gasteiger partial charge in [-0.3, -0.25) is 9.69 Å². The molecule has 2 saturated heterocycles. The van der Waals surface area contributed by atoms with Crippen LogP contribution < -0.4 is 4.74 Å². The van der Waals surface area contributed by atoms with Gasteiger partial charge in [0.25, 0.3) is 5.91 Å². The lowest BCUT2D eigenvalue weighted by molar-refractivity contribution is 0.0585. The molecule has 27 heavy (non-hydrogen) atoms. The van der Waals surface area contributed by atoms with Crippen LogP contribution in [0.1, 0.15) is 16.8 Å². The summed E-state index contributed by atoms with van der Waals surface area (Å²) in [5.41, 5.74) is 0.577. The molecule has 2 heterocycles. The van der Waals surface area contributed by atoms with Crippen molar-refractivity contribution in [3.8, 4) is 5.75 Å². The van der Waals surface area contributed by atoms with Crippen molar-refractivity contribution in [3.05, 3.63) is 42.0 Å². The molecule has 0 bridgehead atoms. The van der Waals surface area contributed by atoms with Gasteiger partial charge in [-0.15, -0.1) is 0 Å². The molecule has 2 aromatic rings. The maximum atomic E-state index is 13.1. The molecule has 0 aliphatic carbocycles. The molecule has 0 unspecified atom stereocenters. The third kappa shape index (κ3) is 3.66. The molecule has 0 aromatic heterocycles. The molecule has 1 atom stereocenters. The molecule has 6 nitrogen and oxygen atoms in total. The Bertz CT molecular complexity index is 965. The van der Waals surface area contributed by atoms with E-state index in [0.717, 1.165) is 10.8 Å². The molecule has 0 N–H and O–H groups in total. The maximum Gasteiger partial charge on any atom is 0.257 e. The summed E-state index contributed by atoms with van der Waals surface area (Å²) in [6.45, 7) is 2.63. The number of methoxy groups -OCH3 is 1. The van der Waals surface area contributed by atoms with Gasteiger partial charge in [-0.2, -0.15) is 0 Å². The van der Waals surface area contributed by atoms with Gasteiger partial charge in [-0.1, -0.05) is 24.3 Å². The number of carbonyl (C=O) groups excluding carboxylic acids is 1. The topological polar surface area (TPSA) is 66.9 Å². The zero-order valence-electron chi connectivity index (χ0n) is 15.4. The van der Waals surface area contributed by atoms with Crippen LogP contribution in [0.4, 0.5) is 0 Å². The van der Waals surface area contributed by atoms with E-state index in [4.69, 9.17) is 4.74 Å². The third-order valence-corrected chi connectivity index (χ3v) is 7.37. The number of sulfone groups is 1. The largest absolute Gasteiger partial charge is 0.496 e. The lowest BCUT2D eigenvalue weighted by Gasteiger charge is -2.37. The standard InChI is InChI=1S/C20H24N2O4S/c1-26-19-13-16-5-3-2-4-15(16)12-18(19)20(23)22-9-7-21(8-10-22)17-6-11-27(24,25)14-17/h2-5,12-13,17H,6-11,14H2,1H3/t17-/m1/s1. The minimum absolute atomic E-state index is 0.0312. The van der Waals surface area contributed by atoms with E-state index in [1.54, 1.807) is 7.11 Å². The number of hydrogen-bond acceptors (Lipinski definition) is 5. The van der Waals surface area contributed by atoms with Gasteiger partial charge in [-0.05, 0) is 29.3 Å². The first-order valence-electron chi connectivity index (χ1n) is 9.27. The number of hydrogen-bond donors (Lipinski definition) is 0. The quantitative estimate of drug-likeness (QED) is 0.802. The van der Waals surface area contributed by atoms with E-state index in [1.165, 1.54) is 0 Å². The van der Waals surface area contributed by atoms with Gasteiger partial charge in [0, 0.05) is 32.2 Å². The monoisotopic (exact) mass is 388 g/mol. The van der Waals surface area contributed by atoms with Crippen molar-refractivity contribution in [3.63, 3.8) is 0 Å². The predicted molar refractivity (Wildman–Crippen MR) is 105 cm³/mol. The number of fused-ring (bicyclic) bond motifs is 1. The van der Waals surface area contributed by atoms with Gasteiger partial charge < -0.3 is 9.64 Å². The molecule has 2 fully saturated rings. The Labute approximate surface area is 159 Å². The van der Waals surface area contributed by atoms with Gasteiger partial charge >= 0.3 is 0 Å². The van der Waals surface area contributed by atoms with Crippen LogP contribution in [0.25, 0.3) is 10.8 Å². The summed E-state index contributed by atoms with van der Waals surface area (Å²) in [5.74, 6) is 1.09. The smallest absolute Gasteiger partial charge is 0.257 e. The number of piperazine rings is 1. The Morgan fingerprint density at radius 2 is 1.74 bits per heavy atom. The highest BCUT2D eigenvalue weighted by atomic mass is 32.2. The van der Waals surface area contributed by atoms with Crippen molar-refractivity contribution in [2.45, 2.75) is 12.5 Å². The minimum Gasteiger partial charge on any atom is -0.496 e. The van der Waals surface area contributed by atoms with Gasteiger partial charge in [0.05, 0.1) is 24.2 Å². The summed E-state index contributed by atoms with van der Waals surface area (Å²) in [4.78, 5) is 17.1. The van der Waals surface area contributed by atoms with Crippen LogP contribution in [0.2, 0.25) is 0 Å². The molecule has 0 radical (unpaired) electrons. The van der Waals surface area contributed by atoms with Crippen LogP contribution in [0.5, 0.6) is 5.75 Å². The summed E-state index contributed by atoms with van der Waals surface area (Å²) in [7, 11) is -1.30. The number of carbonyl (C=O) groups is 1. The molecule has 1 amide bonds. The minimum atomic E-state index is -2.89. The van der Waals surface area contributed by atoms with Gasteiger partial charge in [-0.25, -0.2) is 8.42 Å². The Morgan fingerprint density at radius 1 is 1.07 bits per heavy atom. The molecule has 2 aromatic carbocycles. The molecular weight excluding hydrogens is 364 g/mol. The van der Waals surface area contributed by atoms with Crippen LogP contribution in [-0.4, -0.2) is 75.0 Å². The van der Waals surface area contributed by atoms with E-state index in [9.17, 15) is 13.2 Å². The van der Waals surface area contributed by atoms with Gasteiger partial charge in [0.1, 0.15) is 5.75 Å². The number of ether oxygens (including phenoxy) is 1. The predicted octanol–water partition coefficient (Wildman–Crippen LogP) is 1.79. The van der Waals surface area contributed by atoms with Crippen molar-refractivity contribution in [2.75, 3.05) is 44.8 Å². The van der Waals surface area contributed by atoms with Crippen LogP contribution in [-0.2, 0) is 9.84 Å². The van der Waals surface area contributed by atoms with E-state index >= 15 is 0 Å². The third-order valence-electron chi connectivity index (χ3n) is 5.62. The normalized spacial score (nSPS) is 22.9. The second-order valence-electron chi connectivity index (χ2n) is 7.28. The van der Waals surface area contributed by atoms with E-state index in [0.29, 0.717) is 43.9 Å². The van der Waals surface area contributed by atoms with E-state index in [1.807, 2.05) is 41.3 Å². The zero-order chi connectivity index (χ0) is 19.0. The SMILES string of the molecule is COc1cc2ccccc2cc1C(=O)N1CCN([C@@H]2CCS(=O)(=O)C2)CC1. The summed E-state index contributed by atoms with van der Waals surface area (Å²) in [5, 5.41) is 2.05. The van der Waals surface area contributed by atoms with Gasteiger partial charge in [0.15, 0.2) is 9.84 Å². The van der Waals surface area contributed by atoms with Crippen LogP contribution in [0.3, 0.4) is 0 Å². The summed E-state index contributed by atoms with van der Waals surface area (Å²) >= 11 is 0. The number of amides is 1. The highest BCUT2D eigenvalue weighted by molar-refractivity contribution is 7.91. The summed E-state index contributed by atoms with van der Waals surface area (Å²) in [6, 6.07) is 11.8. The zero-order valence-corrected chi connectivity index (χ0v) is 16.2. The molecule has 2 aliphatic rings. The van der Waals surface area contributed by atoms with E-state index in [2.05, 4.69) is 4.90 Å². The second kappa shape index (κ2) is 7.13. The fourth-order valence-electron chi connectivity index (χ4n) is 4.08. The molecule has 0 saturated carbocycles. The number of nitrogens with zero attached hydrogens (tertiary/aromatic N) is 2. The van der Waals surface area contributed by atoms with Crippen LogP contribution >= 0.6 is 0 Å². The highest BCUT2D eigenvalue weighted by Gasteiger charge is 2.34. The molecule has 4 rings (SSSR count). The summed E-state index contributed by atoms with van der Waals surface area (Å²) in [6.07, 6.45) is 0.703. The first-order valence-corrected chi connectivity index (χ1v) is 11.1. The molecule has 0 spiro atoms. The van der Waals surface area contributed by atoms with E-state index in [-0.39, 0.29) is 23.5 Å². The van der Waals surface area contributed by atoms with Crippen LogP contribution in [0, 0.1) is 0 Å². The molecule has 7 heteroatoms. The first-order chi connectivity index (χ1) is 13.0. The van der Waals surface area contributed by atoms with Crippen molar-refractivity contribution < 1.29 is 17.9 Å². The lowest BCUT2D eigenvalue weighted by atomic mass is 10.0. The fourth-order valence-corrected chi connectivity index (χ4v) is 5.84. The Morgan fingerprint density at radius 3 is 2.33 bits per heavy atom. The molecule has 144 valence electrons. The van der Waals surface area contributed by atoms with Gasteiger partial charge in [0.2, 0.25) is 0 Å². The number of rotatable bonds is 3. The highest BCUT2D eigenvalue weighted by Crippen LogP contribution is 2.28. The Balaban J connectivity index is 1.49. The lowest BCUT2D eigenvalue weighted by Crippen LogP contribution is -2.52. The first kappa shape index (κ1) is 18.3. The van der Waals surface area contributed by atoms with Crippen molar-refractivity contribution in [1.82, 2.24) is 9.80 Å². The summed E-state index contributed by atoms with van der Waals surface area (Å²) < 4.78 is 28.9. The second-order valence-corrected chi connectivity index (χ2v) is 9.51. The van der Waals surface area contributed by atoms with Crippen molar-refractivity contribution in [2.24, 2.45) is 0 Å². The fraction of sp³-hybridized carbons (Fsp3) is 0.450. The Hall–Kier alpha value is -2.12. The molecule has 2 aliphatic heterocycles. The Kier molecular flexibility index (Phi) is 4.82. The molecular formula is C20H24N2O4S. The average molecular weight is 388 g/mol.